The number of sulfonamides is 1. The van der Waals surface area contributed by atoms with Crippen LogP contribution in [0.1, 0.15) is 25.0 Å². The van der Waals surface area contributed by atoms with Crippen LogP contribution < -0.4 is 5.73 Å². The Morgan fingerprint density at radius 3 is 2.30 bits per heavy atom. The Kier molecular flexibility index (Phi) is 5.59. The van der Waals surface area contributed by atoms with Crippen molar-refractivity contribution in [2.24, 2.45) is 5.73 Å². The summed E-state index contributed by atoms with van der Waals surface area (Å²) < 4.78 is 52.4. The lowest BCUT2D eigenvalue weighted by atomic mass is 9.85. The molecule has 0 bridgehead atoms. The highest BCUT2D eigenvalue weighted by Gasteiger charge is 2.71. The molecular formula is C24H28N2O6S. The van der Waals surface area contributed by atoms with Crippen molar-refractivity contribution in [2.45, 2.75) is 56.8 Å². The van der Waals surface area contributed by atoms with E-state index in [0.717, 1.165) is 16.5 Å². The van der Waals surface area contributed by atoms with Crippen molar-refractivity contribution in [1.82, 2.24) is 4.31 Å². The second-order valence-corrected chi connectivity index (χ2v) is 10.7. The average molecular weight is 473 g/mol. The molecule has 1 spiro atoms. The van der Waals surface area contributed by atoms with E-state index in [-0.39, 0.29) is 18.8 Å². The standard InChI is InChI=1S/C24H28N2O6S/c1-23(2)31-21-22(32-23)30-20(15-29-14-18-11-7-4-8-12-18)24(21)19(25)16-33(27,28)26(24)13-17-9-5-3-6-10-17/h3-12,16,20-22H,13-15,25H2,1-2H3/t20-,21+,22-,24-/m1/s1. The van der Waals surface area contributed by atoms with Gasteiger partial charge in [0.15, 0.2) is 12.1 Å². The van der Waals surface area contributed by atoms with Crippen LogP contribution in [-0.4, -0.2) is 49.2 Å². The van der Waals surface area contributed by atoms with E-state index in [4.69, 9.17) is 24.7 Å². The van der Waals surface area contributed by atoms with Gasteiger partial charge in [-0.15, -0.1) is 0 Å². The van der Waals surface area contributed by atoms with Crippen LogP contribution in [0, 0.1) is 0 Å². The van der Waals surface area contributed by atoms with Crippen molar-refractivity contribution >= 4 is 10.0 Å². The van der Waals surface area contributed by atoms with Crippen molar-refractivity contribution < 1.29 is 27.4 Å². The van der Waals surface area contributed by atoms with E-state index in [2.05, 4.69) is 0 Å². The third-order valence-electron chi connectivity index (χ3n) is 6.29. The van der Waals surface area contributed by atoms with Gasteiger partial charge >= 0.3 is 0 Å². The molecule has 4 atom stereocenters. The maximum Gasteiger partial charge on any atom is 0.239 e. The Morgan fingerprint density at radius 1 is 1.00 bits per heavy atom. The van der Waals surface area contributed by atoms with Gasteiger partial charge in [-0.05, 0) is 25.0 Å². The van der Waals surface area contributed by atoms with Crippen LogP contribution in [0.15, 0.2) is 71.8 Å². The highest BCUT2D eigenvalue weighted by molar-refractivity contribution is 7.92. The van der Waals surface area contributed by atoms with Crippen LogP contribution in [0.25, 0.3) is 0 Å². The maximum absolute atomic E-state index is 13.3. The quantitative estimate of drug-likeness (QED) is 0.689. The molecule has 2 fully saturated rings. The monoisotopic (exact) mass is 472 g/mol. The predicted molar refractivity (Wildman–Crippen MR) is 121 cm³/mol. The molecule has 0 aromatic heterocycles. The normalized spacial score (nSPS) is 32.2. The molecule has 2 N–H and O–H groups in total. The first-order valence-corrected chi connectivity index (χ1v) is 12.4. The van der Waals surface area contributed by atoms with E-state index in [9.17, 15) is 8.42 Å². The lowest BCUT2D eigenvalue weighted by molar-refractivity contribution is -0.220. The number of nitrogens with two attached hydrogens (primary N) is 1. The summed E-state index contributed by atoms with van der Waals surface area (Å²) in [5.74, 6) is -0.941. The second kappa shape index (κ2) is 8.19. The number of nitrogens with zero attached hydrogens (tertiary/aromatic N) is 1. The molecule has 33 heavy (non-hydrogen) atoms. The zero-order chi connectivity index (χ0) is 23.3. The van der Waals surface area contributed by atoms with Gasteiger partial charge in [-0.3, -0.25) is 0 Å². The summed E-state index contributed by atoms with van der Waals surface area (Å²) in [6, 6.07) is 19.1. The molecule has 3 aliphatic rings. The summed E-state index contributed by atoms with van der Waals surface area (Å²) in [4.78, 5) is 0. The van der Waals surface area contributed by atoms with Gasteiger partial charge in [0.2, 0.25) is 10.0 Å². The first kappa shape index (κ1) is 22.5. The second-order valence-electron chi connectivity index (χ2n) is 8.99. The molecule has 5 rings (SSSR count). The van der Waals surface area contributed by atoms with Crippen molar-refractivity contribution in [3.63, 3.8) is 0 Å². The number of benzene rings is 2. The van der Waals surface area contributed by atoms with Crippen molar-refractivity contribution in [3.8, 4) is 0 Å². The Balaban J connectivity index is 1.50. The first-order valence-electron chi connectivity index (χ1n) is 10.9. The van der Waals surface area contributed by atoms with Crippen LogP contribution in [0.4, 0.5) is 0 Å². The van der Waals surface area contributed by atoms with Crippen molar-refractivity contribution in [1.29, 1.82) is 0 Å². The van der Waals surface area contributed by atoms with Crippen LogP contribution in [0.5, 0.6) is 0 Å². The third-order valence-corrected chi connectivity index (χ3v) is 7.89. The zero-order valence-electron chi connectivity index (χ0n) is 18.6. The van der Waals surface area contributed by atoms with Crippen LogP contribution in [-0.2, 0) is 42.1 Å². The lowest BCUT2D eigenvalue weighted by Crippen LogP contribution is -2.62. The van der Waals surface area contributed by atoms with E-state index in [1.54, 1.807) is 13.8 Å². The molecule has 3 heterocycles. The van der Waals surface area contributed by atoms with Gasteiger partial charge in [0.25, 0.3) is 0 Å². The summed E-state index contributed by atoms with van der Waals surface area (Å²) in [7, 11) is -3.84. The highest BCUT2D eigenvalue weighted by Crippen LogP contribution is 2.52. The Bertz CT molecular complexity index is 1140. The first-order chi connectivity index (χ1) is 15.7. The molecule has 0 saturated carbocycles. The molecule has 2 aromatic carbocycles. The summed E-state index contributed by atoms with van der Waals surface area (Å²) >= 11 is 0. The summed E-state index contributed by atoms with van der Waals surface area (Å²) in [6.07, 6.45) is -2.23. The molecule has 3 aliphatic heterocycles. The van der Waals surface area contributed by atoms with E-state index >= 15 is 0 Å². The van der Waals surface area contributed by atoms with Gasteiger partial charge in [-0.1, -0.05) is 60.7 Å². The molecular weight excluding hydrogens is 444 g/mol. The molecule has 0 radical (unpaired) electrons. The lowest BCUT2D eigenvalue weighted by Gasteiger charge is -2.41. The van der Waals surface area contributed by atoms with Gasteiger partial charge in [-0.25, -0.2) is 8.42 Å². The summed E-state index contributed by atoms with van der Waals surface area (Å²) in [6.45, 7) is 4.13. The van der Waals surface area contributed by atoms with Gasteiger partial charge in [0, 0.05) is 12.2 Å². The predicted octanol–water partition coefficient (Wildman–Crippen LogP) is 2.46. The van der Waals surface area contributed by atoms with E-state index < -0.39 is 39.8 Å². The van der Waals surface area contributed by atoms with E-state index in [1.807, 2.05) is 60.7 Å². The number of ether oxygens (including phenoxy) is 4. The SMILES string of the molecule is CC1(C)O[C@H]2O[C@H](COCc3ccccc3)[C@]3(C(N)=CS(=O)(=O)N3Cc3ccccc3)[C@H]2O1. The Labute approximate surface area is 193 Å². The minimum Gasteiger partial charge on any atom is -0.400 e. The van der Waals surface area contributed by atoms with Gasteiger partial charge in [-0.2, -0.15) is 4.31 Å². The van der Waals surface area contributed by atoms with Gasteiger partial charge < -0.3 is 24.7 Å². The zero-order valence-corrected chi connectivity index (χ0v) is 19.4. The molecule has 8 nitrogen and oxygen atoms in total. The molecule has 0 amide bonds. The minimum atomic E-state index is -3.84. The number of rotatable bonds is 6. The largest absolute Gasteiger partial charge is 0.400 e. The molecule has 2 aromatic rings. The maximum atomic E-state index is 13.3. The molecule has 9 heteroatoms. The van der Waals surface area contributed by atoms with Crippen LogP contribution in [0.3, 0.4) is 0 Å². The smallest absolute Gasteiger partial charge is 0.239 e. The van der Waals surface area contributed by atoms with Gasteiger partial charge in [0.05, 0.1) is 18.6 Å². The number of fused-ring (bicyclic) bond motifs is 2. The van der Waals surface area contributed by atoms with Crippen LogP contribution >= 0.6 is 0 Å². The van der Waals surface area contributed by atoms with Crippen LogP contribution in [0.2, 0.25) is 0 Å². The van der Waals surface area contributed by atoms with E-state index in [1.165, 1.54) is 4.31 Å². The topological polar surface area (TPSA) is 100 Å². The van der Waals surface area contributed by atoms with Crippen molar-refractivity contribution in [3.05, 3.63) is 82.9 Å². The molecule has 0 unspecified atom stereocenters. The summed E-state index contributed by atoms with van der Waals surface area (Å²) in [5, 5.41) is 1.11. The number of hydrogen-bond donors (Lipinski definition) is 1. The molecule has 2 saturated heterocycles. The highest BCUT2D eigenvalue weighted by atomic mass is 32.2. The average Bonchev–Trinajstić information content (AvgIpc) is 3.30. The third kappa shape index (κ3) is 3.88. The van der Waals surface area contributed by atoms with Gasteiger partial charge in [0.1, 0.15) is 17.7 Å². The van der Waals surface area contributed by atoms with E-state index in [0.29, 0.717) is 6.61 Å². The Morgan fingerprint density at radius 2 is 1.64 bits per heavy atom. The van der Waals surface area contributed by atoms with Crippen molar-refractivity contribution in [2.75, 3.05) is 6.61 Å². The number of hydrogen-bond acceptors (Lipinski definition) is 7. The fraction of sp³-hybridized carbons (Fsp3) is 0.417. The molecule has 176 valence electrons. The minimum absolute atomic E-state index is 0.115. The fourth-order valence-corrected chi connectivity index (χ4v) is 6.61. The summed E-state index contributed by atoms with van der Waals surface area (Å²) in [5.41, 5.74) is 7.19. The fourth-order valence-electron chi connectivity index (χ4n) is 4.90. The Hall–Kier alpha value is -2.27. The molecule has 0 aliphatic carbocycles.